The Kier molecular flexibility index (Phi) is 3.20. The van der Waals surface area contributed by atoms with Gasteiger partial charge in [-0.15, -0.1) is 0 Å². The van der Waals surface area contributed by atoms with E-state index < -0.39 is 20.9 Å². The lowest BCUT2D eigenvalue weighted by Crippen LogP contribution is -2.27. The standard InChI is InChI=1S/C6H9NO3S/c1-3-5(8)6(4-7)11(2,9)10/h6H,3H2,1-2H3. The van der Waals surface area contributed by atoms with E-state index in [0.717, 1.165) is 6.26 Å². The quantitative estimate of drug-likeness (QED) is 0.600. The normalized spacial score (nSPS) is 13.5. The fraction of sp³-hybridized carbons (Fsp3) is 0.667. The molecule has 1 atom stereocenters. The molecule has 5 heteroatoms. The van der Waals surface area contributed by atoms with Crippen LogP contribution in [0.15, 0.2) is 0 Å². The zero-order chi connectivity index (χ0) is 9.07. The maximum Gasteiger partial charge on any atom is 0.205 e. The largest absolute Gasteiger partial charge is 0.297 e. The predicted octanol–water partition coefficient (Wildman–Crippen LogP) is -0.0977. The number of Topliss-reactive ketones (excluding diaryl/α,β-unsaturated/α-hetero) is 1. The summed E-state index contributed by atoms with van der Waals surface area (Å²) in [7, 11) is -3.54. The molecule has 1 unspecified atom stereocenters. The molecule has 0 spiro atoms. The first-order valence-corrected chi connectivity index (χ1v) is 5.00. The van der Waals surface area contributed by atoms with Gasteiger partial charge in [-0.05, 0) is 0 Å². The Balaban J connectivity index is 4.75. The molecule has 0 heterocycles. The van der Waals surface area contributed by atoms with Gasteiger partial charge in [0.25, 0.3) is 0 Å². The van der Waals surface area contributed by atoms with E-state index in [1.165, 1.54) is 13.0 Å². The molecule has 11 heavy (non-hydrogen) atoms. The van der Waals surface area contributed by atoms with Gasteiger partial charge in [0.15, 0.2) is 15.6 Å². The van der Waals surface area contributed by atoms with Crippen LogP contribution >= 0.6 is 0 Å². The topological polar surface area (TPSA) is 75.0 Å². The first kappa shape index (κ1) is 10.1. The molecule has 0 aliphatic heterocycles. The van der Waals surface area contributed by atoms with Crippen LogP contribution in [0.3, 0.4) is 0 Å². The third-order valence-corrected chi connectivity index (χ3v) is 2.41. The second-order valence-corrected chi connectivity index (χ2v) is 4.29. The van der Waals surface area contributed by atoms with Gasteiger partial charge in [-0.1, -0.05) is 6.92 Å². The molecule has 4 nitrogen and oxygen atoms in total. The van der Waals surface area contributed by atoms with Crippen molar-refractivity contribution in [2.75, 3.05) is 6.26 Å². The van der Waals surface area contributed by atoms with Crippen molar-refractivity contribution >= 4 is 15.6 Å². The number of hydrogen-bond donors (Lipinski definition) is 0. The number of carbonyl (C=O) groups is 1. The molecule has 0 bridgehead atoms. The number of hydrogen-bond acceptors (Lipinski definition) is 4. The van der Waals surface area contributed by atoms with Crippen molar-refractivity contribution in [3.8, 4) is 6.07 Å². The second-order valence-electron chi connectivity index (χ2n) is 2.16. The van der Waals surface area contributed by atoms with E-state index in [1.807, 2.05) is 0 Å². The SMILES string of the molecule is CCC(=O)C(C#N)S(C)(=O)=O. The molecule has 0 aliphatic rings. The second kappa shape index (κ2) is 3.49. The van der Waals surface area contributed by atoms with Crippen molar-refractivity contribution in [3.63, 3.8) is 0 Å². The van der Waals surface area contributed by atoms with E-state index in [-0.39, 0.29) is 6.42 Å². The van der Waals surface area contributed by atoms with Gasteiger partial charge in [0, 0.05) is 12.7 Å². The highest BCUT2D eigenvalue weighted by atomic mass is 32.2. The summed E-state index contributed by atoms with van der Waals surface area (Å²) in [4.78, 5) is 10.8. The number of rotatable bonds is 3. The van der Waals surface area contributed by atoms with Gasteiger partial charge in [0.1, 0.15) is 0 Å². The monoisotopic (exact) mass is 175 g/mol. The van der Waals surface area contributed by atoms with E-state index in [9.17, 15) is 13.2 Å². The van der Waals surface area contributed by atoms with Crippen LogP contribution in [0.4, 0.5) is 0 Å². The summed E-state index contributed by atoms with van der Waals surface area (Å²) < 4.78 is 21.4. The summed E-state index contributed by atoms with van der Waals surface area (Å²) >= 11 is 0. The van der Waals surface area contributed by atoms with Crippen LogP contribution in [0.25, 0.3) is 0 Å². The highest BCUT2D eigenvalue weighted by Crippen LogP contribution is 2.01. The Hall–Kier alpha value is -0.890. The van der Waals surface area contributed by atoms with E-state index in [2.05, 4.69) is 0 Å². The molecule has 0 amide bonds. The summed E-state index contributed by atoms with van der Waals surface area (Å²) in [5.74, 6) is -0.546. The third-order valence-electron chi connectivity index (χ3n) is 1.19. The molecule has 0 rings (SSSR count). The van der Waals surface area contributed by atoms with Crippen LogP contribution in [0.5, 0.6) is 0 Å². The molecule has 62 valence electrons. The molecule has 0 saturated heterocycles. The van der Waals surface area contributed by atoms with Crippen LogP contribution in [0.2, 0.25) is 0 Å². The Labute approximate surface area is 65.7 Å². The summed E-state index contributed by atoms with van der Waals surface area (Å²) in [6.07, 6.45) is 0.958. The van der Waals surface area contributed by atoms with E-state index in [1.54, 1.807) is 0 Å². The third kappa shape index (κ3) is 2.68. The van der Waals surface area contributed by atoms with Gasteiger partial charge in [-0.2, -0.15) is 5.26 Å². The lowest BCUT2D eigenvalue weighted by Gasteiger charge is -2.01. The highest BCUT2D eigenvalue weighted by Gasteiger charge is 2.26. The molecule has 0 aromatic heterocycles. The minimum atomic E-state index is -3.54. The summed E-state index contributed by atoms with van der Waals surface area (Å²) in [5.41, 5.74) is 0. The smallest absolute Gasteiger partial charge is 0.205 e. The lowest BCUT2D eigenvalue weighted by molar-refractivity contribution is -0.117. The summed E-state index contributed by atoms with van der Waals surface area (Å²) in [5, 5.41) is 6.83. The molecule has 0 N–H and O–H groups in total. The molecule has 0 aliphatic carbocycles. The zero-order valence-electron chi connectivity index (χ0n) is 6.36. The first-order chi connectivity index (χ1) is 4.93. The minimum absolute atomic E-state index is 0.0747. The van der Waals surface area contributed by atoms with Gasteiger partial charge in [0.05, 0.1) is 6.07 Å². The fourth-order valence-corrected chi connectivity index (χ4v) is 1.43. The van der Waals surface area contributed by atoms with E-state index >= 15 is 0 Å². The van der Waals surface area contributed by atoms with Crippen molar-refractivity contribution in [2.45, 2.75) is 18.6 Å². The average Bonchev–Trinajstić information content (AvgIpc) is 1.86. The van der Waals surface area contributed by atoms with Crippen LogP contribution in [-0.4, -0.2) is 25.7 Å². The minimum Gasteiger partial charge on any atom is -0.297 e. The van der Waals surface area contributed by atoms with Crippen molar-refractivity contribution in [2.24, 2.45) is 0 Å². The van der Waals surface area contributed by atoms with Crippen molar-refractivity contribution < 1.29 is 13.2 Å². The molecular formula is C6H9NO3S. The van der Waals surface area contributed by atoms with Gasteiger partial charge in [-0.3, -0.25) is 4.79 Å². The Morgan fingerprint density at radius 3 is 2.18 bits per heavy atom. The number of sulfone groups is 1. The van der Waals surface area contributed by atoms with Crippen LogP contribution in [0.1, 0.15) is 13.3 Å². The summed E-state index contributed by atoms with van der Waals surface area (Å²) in [6.45, 7) is 1.53. The van der Waals surface area contributed by atoms with E-state index in [4.69, 9.17) is 5.26 Å². The lowest BCUT2D eigenvalue weighted by atomic mass is 10.2. The highest BCUT2D eigenvalue weighted by molar-refractivity contribution is 7.92. The first-order valence-electron chi connectivity index (χ1n) is 3.04. The Bertz CT molecular complexity index is 285. The summed E-state index contributed by atoms with van der Waals surface area (Å²) in [6, 6.07) is 1.46. The Morgan fingerprint density at radius 2 is 2.09 bits per heavy atom. The molecule has 0 aromatic carbocycles. The predicted molar refractivity (Wildman–Crippen MR) is 39.5 cm³/mol. The zero-order valence-corrected chi connectivity index (χ0v) is 7.18. The maximum atomic E-state index is 10.8. The Morgan fingerprint density at radius 1 is 1.64 bits per heavy atom. The van der Waals surface area contributed by atoms with Crippen LogP contribution in [0, 0.1) is 11.3 Å². The van der Waals surface area contributed by atoms with Crippen molar-refractivity contribution in [1.82, 2.24) is 0 Å². The number of nitriles is 1. The van der Waals surface area contributed by atoms with Gasteiger partial charge < -0.3 is 0 Å². The van der Waals surface area contributed by atoms with Crippen molar-refractivity contribution in [1.29, 1.82) is 5.26 Å². The van der Waals surface area contributed by atoms with Crippen LogP contribution < -0.4 is 0 Å². The van der Waals surface area contributed by atoms with Crippen LogP contribution in [-0.2, 0) is 14.6 Å². The van der Waals surface area contributed by atoms with Gasteiger partial charge in [0.2, 0.25) is 5.25 Å². The van der Waals surface area contributed by atoms with Gasteiger partial charge >= 0.3 is 0 Å². The molecule has 0 fully saturated rings. The molecule has 0 saturated carbocycles. The van der Waals surface area contributed by atoms with E-state index in [0.29, 0.717) is 0 Å². The van der Waals surface area contributed by atoms with Crippen molar-refractivity contribution in [3.05, 3.63) is 0 Å². The number of ketones is 1. The molecule has 0 aromatic rings. The number of carbonyl (C=O) groups excluding carboxylic acids is 1. The number of nitrogens with zero attached hydrogens (tertiary/aromatic N) is 1. The maximum absolute atomic E-state index is 10.8. The molecule has 0 radical (unpaired) electrons. The van der Waals surface area contributed by atoms with Gasteiger partial charge in [-0.25, -0.2) is 8.42 Å². The fourth-order valence-electron chi connectivity index (χ4n) is 0.592. The molecular weight excluding hydrogens is 166 g/mol. The average molecular weight is 175 g/mol.